The summed E-state index contributed by atoms with van der Waals surface area (Å²) in [5.74, 6) is 0. The van der Waals surface area contributed by atoms with Crippen LogP contribution < -0.4 is 11.1 Å². The summed E-state index contributed by atoms with van der Waals surface area (Å²) in [5, 5.41) is 3.62. The van der Waals surface area contributed by atoms with E-state index in [0.717, 1.165) is 25.9 Å². The highest BCUT2D eigenvalue weighted by Gasteiger charge is 2.16. The summed E-state index contributed by atoms with van der Waals surface area (Å²) in [6, 6.07) is 2.29. The first-order chi connectivity index (χ1) is 8.78. The Hall–Kier alpha value is -0.860. The molecule has 0 aliphatic carbocycles. The van der Waals surface area contributed by atoms with Crippen LogP contribution in [0.1, 0.15) is 48.1 Å². The minimum atomic E-state index is 0.134. The fourth-order valence-corrected chi connectivity index (χ4v) is 2.65. The van der Waals surface area contributed by atoms with Gasteiger partial charge in [-0.25, -0.2) is 0 Å². The van der Waals surface area contributed by atoms with Crippen molar-refractivity contribution < 1.29 is 0 Å². The minimum Gasteiger partial charge on any atom is -0.330 e. The van der Waals surface area contributed by atoms with Gasteiger partial charge in [-0.05, 0) is 95.3 Å². The number of rotatable bonds is 6. The van der Waals surface area contributed by atoms with Crippen LogP contribution in [0.2, 0.25) is 0 Å². The second-order valence-electron chi connectivity index (χ2n) is 6.34. The van der Waals surface area contributed by atoms with Gasteiger partial charge in [-0.2, -0.15) is 0 Å². The topological polar surface area (TPSA) is 38.0 Å². The van der Waals surface area contributed by atoms with Crippen molar-refractivity contribution in [2.75, 3.05) is 13.1 Å². The predicted octanol–water partition coefficient (Wildman–Crippen LogP) is 3.18. The summed E-state index contributed by atoms with van der Waals surface area (Å²) in [6.07, 6.45) is 2.10. The molecule has 2 heteroatoms. The van der Waals surface area contributed by atoms with Crippen LogP contribution in [0.5, 0.6) is 0 Å². The number of aryl methyl sites for hydroxylation is 2. The Morgan fingerprint density at radius 3 is 2.05 bits per heavy atom. The maximum atomic E-state index is 5.65. The van der Waals surface area contributed by atoms with E-state index in [1.807, 2.05) is 0 Å². The average molecular weight is 262 g/mol. The Balaban J connectivity index is 2.74. The highest BCUT2D eigenvalue weighted by molar-refractivity contribution is 5.44. The van der Waals surface area contributed by atoms with E-state index in [1.54, 1.807) is 0 Å². The molecule has 0 saturated carbocycles. The van der Waals surface area contributed by atoms with Gasteiger partial charge in [-0.1, -0.05) is 6.07 Å². The predicted molar refractivity (Wildman–Crippen MR) is 84.8 cm³/mol. The van der Waals surface area contributed by atoms with Crippen LogP contribution >= 0.6 is 0 Å². The van der Waals surface area contributed by atoms with E-state index in [-0.39, 0.29) is 5.54 Å². The van der Waals surface area contributed by atoms with Crippen molar-refractivity contribution in [3.63, 3.8) is 0 Å². The zero-order chi connectivity index (χ0) is 14.6. The van der Waals surface area contributed by atoms with E-state index in [4.69, 9.17) is 5.73 Å². The van der Waals surface area contributed by atoms with Gasteiger partial charge in [0, 0.05) is 5.54 Å². The second-order valence-corrected chi connectivity index (χ2v) is 6.34. The van der Waals surface area contributed by atoms with Gasteiger partial charge in [-0.15, -0.1) is 0 Å². The number of hydrogen-bond donors (Lipinski definition) is 2. The normalized spacial score (nSPS) is 11.9. The first-order valence-electron chi connectivity index (χ1n) is 7.30. The first-order valence-corrected chi connectivity index (χ1v) is 7.30. The molecule has 0 amide bonds. The lowest BCUT2D eigenvalue weighted by Crippen LogP contribution is -2.42. The van der Waals surface area contributed by atoms with E-state index in [9.17, 15) is 0 Å². The van der Waals surface area contributed by atoms with Crippen molar-refractivity contribution in [3.8, 4) is 0 Å². The standard InChI is InChI=1S/C17H30N2/c1-12-11-13(2)15(4)16(14(12)3)7-10-19-17(5,6)8-9-18/h11,19H,7-10,18H2,1-6H3. The van der Waals surface area contributed by atoms with Crippen LogP contribution in [0.15, 0.2) is 6.07 Å². The summed E-state index contributed by atoms with van der Waals surface area (Å²) in [7, 11) is 0. The largest absolute Gasteiger partial charge is 0.330 e. The zero-order valence-corrected chi connectivity index (χ0v) is 13.5. The third-order valence-corrected chi connectivity index (χ3v) is 4.27. The van der Waals surface area contributed by atoms with Crippen LogP contribution in [0.3, 0.4) is 0 Å². The summed E-state index contributed by atoms with van der Waals surface area (Å²) in [4.78, 5) is 0. The highest BCUT2D eigenvalue weighted by atomic mass is 14.9. The van der Waals surface area contributed by atoms with Crippen LogP contribution in [0.25, 0.3) is 0 Å². The van der Waals surface area contributed by atoms with Crippen molar-refractivity contribution in [2.24, 2.45) is 5.73 Å². The Bertz CT molecular complexity index is 407. The molecule has 0 radical (unpaired) electrons. The van der Waals surface area contributed by atoms with Gasteiger partial charge >= 0.3 is 0 Å². The molecule has 108 valence electrons. The monoisotopic (exact) mass is 262 g/mol. The van der Waals surface area contributed by atoms with E-state index in [2.05, 4.69) is 52.9 Å². The summed E-state index contributed by atoms with van der Waals surface area (Å²) < 4.78 is 0. The van der Waals surface area contributed by atoms with Gasteiger partial charge < -0.3 is 11.1 Å². The fraction of sp³-hybridized carbons (Fsp3) is 0.647. The zero-order valence-electron chi connectivity index (χ0n) is 13.5. The average Bonchev–Trinajstić information content (AvgIpc) is 2.31. The third-order valence-electron chi connectivity index (χ3n) is 4.27. The lowest BCUT2D eigenvalue weighted by atomic mass is 9.92. The fourth-order valence-electron chi connectivity index (χ4n) is 2.65. The molecule has 0 fully saturated rings. The van der Waals surface area contributed by atoms with Crippen LogP contribution in [-0.4, -0.2) is 18.6 Å². The lowest BCUT2D eigenvalue weighted by molar-refractivity contribution is 0.370. The quantitative estimate of drug-likeness (QED) is 0.826. The SMILES string of the molecule is Cc1cc(C)c(C)c(CCNC(C)(C)CCN)c1C. The molecule has 1 rings (SSSR count). The summed E-state index contributed by atoms with van der Waals surface area (Å²) in [5.41, 5.74) is 13.0. The van der Waals surface area contributed by atoms with Crippen molar-refractivity contribution in [2.45, 2.75) is 59.9 Å². The Morgan fingerprint density at radius 1 is 1.05 bits per heavy atom. The van der Waals surface area contributed by atoms with Crippen LogP contribution in [0.4, 0.5) is 0 Å². The molecule has 0 unspecified atom stereocenters. The number of nitrogens with two attached hydrogens (primary N) is 1. The van der Waals surface area contributed by atoms with Gasteiger partial charge in [0.15, 0.2) is 0 Å². The van der Waals surface area contributed by atoms with E-state index in [0.29, 0.717) is 0 Å². The molecule has 19 heavy (non-hydrogen) atoms. The van der Waals surface area contributed by atoms with Gasteiger partial charge in [0.2, 0.25) is 0 Å². The molecule has 0 spiro atoms. The smallest absolute Gasteiger partial charge is 0.0137 e. The van der Waals surface area contributed by atoms with Crippen LogP contribution in [0, 0.1) is 27.7 Å². The Labute approximate surface area is 118 Å². The third kappa shape index (κ3) is 4.32. The maximum absolute atomic E-state index is 5.65. The first kappa shape index (κ1) is 16.2. The number of benzene rings is 1. The van der Waals surface area contributed by atoms with Crippen molar-refractivity contribution in [3.05, 3.63) is 33.9 Å². The molecule has 0 aliphatic heterocycles. The Kier molecular flexibility index (Phi) is 5.57. The molecule has 0 heterocycles. The van der Waals surface area contributed by atoms with Gasteiger partial charge in [0.1, 0.15) is 0 Å². The van der Waals surface area contributed by atoms with Crippen molar-refractivity contribution in [1.29, 1.82) is 0 Å². The molecule has 1 aromatic carbocycles. The summed E-state index contributed by atoms with van der Waals surface area (Å²) >= 11 is 0. The van der Waals surface area contributed by atoms with E-state index in [1.165, 1.54) is 27.8 Å². The molecular weight excluding hydrogens is 232 g/mol. The molecule has 0 atom stereocenters. The number of hydrogen-bond acceptors (Lipinski definition) is 2. The second kappa shape index (κ2) is 6.53. The van der Waals surface area contributed by atoms with Crippen molar-refractivity contribution in [1.82, 2.24) is 5.32 Å². The summed E-state index contributed by atoms with van der Waals surface area (Å²) in [6.45, 7) is 15.1. The number of nitrogens with one attached hydrogen (secondary N) is 1. The van der Waals surface area contributed by atoms with E-state index >= 15 is 0 Å². The molecule has 0 bridgehead atoms. The maximum Gasteiger partial charge on any atom is 0.0137 e. The lowest BCUT2D eigenvalue weighted by Gasteiger charge is -2.26. The molecule has 0 aromatic heterocycles. The van der Waals surface area contributed by atoms with Crippen molar-refractivity contribution >= 4 is 0 Å². The minimum absolute atomic E-state index is 0.134. The molecular formula is C17H30N2. The van der Waals surface area contributed by atoms with Gasteiger partial charge in [-0.3, -0.25) is 0 Å². The van der Waals surface area contributed by atoms with E-state index < -0.39 is 0 Å². The van der Waals surface area contributed by atoms with Gasteiger partial charge in [0.05, 0.1) is 0 Å². The highest BCUT2D eigenvalue weighted by Crippen LogP contribution is 2.22. The van der Waals surface area contributed by atoms with Crippen LogP contribution in [-0.2, 0) is 6.42 Å². The molecule has 3 N–H and O–H groups in total. The molecule has 0 saturated heterocycles. The van der Waals surface area contributed by atoms with Gasteiger partial charge in [0.25, 0.3) is 0 Å². The molecule has 2 nitrogen and oxygen atoms in total. The molecule has 1 aromatic rings. The Morgan fingerprint density at radius 2 is 1.58 bits per heavy atom. The molecule has 0 aliphatic rings.